The molecular weight excluding hydrogens is 367 g/mol. The van der Waals surface area contributed by atoms with Crippen LogP contribution < -0.4 is 9.47 Å². The average Bonchev–Trinajstić information content (AvgIpc) is 2.98. The van der Waals surface area contributed by atoms with Crippen molar-refractivity contribution in [2.45, 2.75) is 6.61 Å². The van der Waals surface area contributed by atoms with Gasteiger partial charge in [0.15, 0.2) is 5.76 Å². The van der Waals surface area contributed by atoms with Gasteiger partial charge < -0.3 is 9.47 Å². The fraction of sp³-hybridized carbons (Fsp3) is 0.0455. The molecule has 0 bridgehead atoms. The van der Waals surface area contributed by atoms with Crippen LogP contribution in [0.2, 0.25) is 5.02 Å². The maximum atomic E-state index is 13.0. The Hall–Kier alpha value is -3.11. The van der Waals surface area contributed by atoms with E-state index in [1.165, 1.54) is 12.1 Å². The minimum Gasteiger partial charge on any atom is -0.489 e. The number of halogens is 2. The normalized spacial score (nSPS) is 14.1. The molecule has 3 nitrogen and oxygen atoms in total. The maximum absolute atomic E-state index is 13.0. The molecule has 0 fully saturated rings. The van der Waals surface area contributed by atoms with E-state index in [-0.39, 0.29) is 17.4 Å². The molecule has 0 aromatic heterocycles. The van der Waals surface area contributed by atoms with Crippen LogP contribution in [-0.2, 0) is 6.61 Å². The number of ketones is 1. The molecule has 3 aromatic carbocycles. The van der Waals surface area contributed by atoms with Gasteiger partial charge in [0.2, 0.25) is 5.78 Å². The van der Waals surface area contributed by atoms with Crippen molar-refractivity contribution in [3.63, 3.8) is 0 Å². The SMILES string of the molecule is O=C1C(=Cc2ccc(F)cc2)Oc2cc(OCc3ccccc3Cl)ccc21. The minimum absolute atomic E-state index is 0.194. The number of hydrogen-bond acceptors (Lipinski definition) is 3. The van der Waals surface area contributed by atoms with Crippen LogP contribution in [0.25, 0.3) is 6.08 Å². The zero-order valence-electron chi connectivity index (χ0n) is 14.1. The van der Waals surface area contributed by atoms with Gasteiger partial charge in [-0.2, -0.15) is 0 Å². The zero-order valence-corrected chi connectivity index (χ0v) is 14.9. The largest absolute Gasteiger partial charge is 0.489 e. The summed E-state index contributed by atoms with van der Waals surface area (Å²) < 4.78 is 24.5. The first kappa shape index (κ1) is 17.3. The molecule has 0 saturated heterocycles. The minimum atomic E-state index is -0.334. The van der Waals surface area contributed by atoms with Crippen LogP contribution in [0.15, 0.2) is 72.5 Å². The van der Waals surface area contributed by atoms with Crippen molar-refractivity contribution in [2.75, 3.05) is 0 Å². The number of benzene rings is 3. The van der Waals surface area contributed by atoms with Crippen molar-refractivity contribution in [3.05, 3.63) is 100 Å². The molecule has 0 N–H and O–H groups in total. The number of hydrogen-bond donors (Lipinski definition) is 0. The second-order valence-corrected chi connectivity index (χ2v) is 6.44. The second kappa shape index (κ2) is 7.25. The van der Waals surface area contributed by atoms with Gasteiger partial charge in [0.1, 0.15) is 23.9 Å². The van der Waals surface area contributed by atoms with Gasteiger partial charge in [0.05, 0.1) is 5.56 Å². The van der Waals surface area contributed by atoms with Gasteiger partial charge in [0, 0.05) is 16.7 Å². The van der Waals surface area contributed by atoms with Crippen molar-refractivity contribution in [2.24, 2.45) is 0 Å². The lowest BCUT2D eigenvalue weighted by atomic mass is 10.1. The van der Waals surface area contributed by atoms with Gasteiger partial charge in [-0.25, -0.2) is 4.39 Å². The van der Waals surface area contributed by atoms with E-state index in [2.05, 4.69) is 0 Å². The van der Waals surface area contributed by atoms with Crippen LogP contribution in [0.4, 0.5) is 4.39 Å². The van der Waals surface area contributed by atoms with Crippen molar-refractivity contribution in [3.8, 4) is 11.5 Å². The summed E-state index contributed by atoms with van der Waals surface area (Å²) in [6.07, 6.45) is 1.59. The summed E-state index contributed by atoms with van der Waals surface area (Å²) in [6, 6.07) is 18.3. The number of rotatable bonds is 4. The van der Waals surface area contributed by atoms with Gasteiger partial charge in [-0.3, -0.25) is 4.79 Å². The molecule has 0 amide bonds. The predicted octanol–water partition coefficient (Wildman–Crippen LogP) is 5.67. The molecule has 3 aromatic rings. The van der Waals surface area contributed by atoms with E-state index in [0.717, 1.165) is 5.56 Å². The molecule has 0 saturated carbocycles. The zero-order chi connectivity index (χ0) is 18.8. The third kappa shape index (κ3) is 3.71. The molecule has 0 atom stereocenters. The third-order valence-corrected chi connectivity index (χ3v) is 4.53. The predicted molar refractivity (Wildman–Crippen MR) is 102 cm³/mol. The molecule has 4 rings (SSSR count). The van der Waals surface area contributed by atoms with Crippen molar-refractivity contribution >= 4 is 23.5 Å². The summed E-state index contributed by atoms with van der Waals surface area (Å²) in [5.74, 6) is 0.653. The van der Waals surface area contributed by atoms with Crippen LogP contribution in [-0.4, -0.2) is 5.78 Å². The lowest BCUT2D eigenvalue weighted by Gasteiger charge is -2.08. The van der Waals surface area contributed by atoms with Crippen molar-refractivity contribution in [1.82, 2.24) is 0 Å². The summed E-state index contributed by atoms with van der Waals surface area (Å²) in [6.45, 7) is 0.310. The molecule has 0 unspecified atom stereocenters. The Bertz CT molecular complexity index is 1040. The van der Waals surface area contributed by atoms with Gasteiger partial charge >= 0.3 is 0 Å². The van der Waals surface area contributed by atoms with E-state index in [4.69, 9.17) is 21.1 Å². The molecule has 1 heterocycles. The summed E-state index contributed by atoms with van der Waals surface area (Å²) in [4.78, 5) is 12.5. The van der Waals surface area contributed by atoms with Crippen molar-refractivity contribution in [1.29, 1.82) is 0 Å². The Labute approximate surface area is 160 Å². The lowest BCUT2D eigenvalue weighted by molar-refractivity contribution is 0.101. The Balaban J connectivity index is 1.52. The highest BCUT2D eigenvalue weighted by Gasteiger charge is 2.27. The number of ether oxygens (including phenoxy) is 2. The van der Waals surface area contributed by atoms with E-state index in [9.17, 15) is 9.18 Å². The van der Waals surface area contributed by atoms with E-state index >= 15 is 0 Å². The van der Waals surface area contributed by atoms with E-state index in [0.29, 0.717) is 34.3 Å². The highest BCUT2D eigenvalue weighted by atomic mass is 35.5. The van der Waals surface area contributed by atoms with Gasteiger partial charge in [-0.15, -0.1) is 0 Å². The molecule has 134 valence electrons. The fourth-order valence-corrected chi connectivity index (χ4v) is 2.93. The summed E-state index contributed by atoms with van der Waals surface area (Å²) in [7, 11) is 0. The Morgan fingerprint density at radius 1 is 1.04 bits per heavy atom. The maximum Gasteiger partial charge on any atom is 0.231 e. The average molecular weight is 381 g/mol. The van der Waals surface area contributed by atoms with Crippen LogP contribution in [0, 0.1) is 5.82 Å². The summed E-state index contributed by atoms with van der Waals surface area (Å²) in [5.41, 5.74) is 2.02. The number of Topliss-reactive ketones (excluding diaryl/α,β-unsaturated/α-hetero) is 1. The topological polar surface area (TPSA) is 35.5 Å². The van der Waals surface area contributed by atoms with Gasteiger partial charge in [0.25, 0.3) is 0 Å². The third-order valence-electron chi connectivity index (χ3n) is 4.16. The lowest BCUT2D eigenvalue weighted by Crippen LogP contribution is -1.98. The van der Waals surface area contributed by atoms with Crippen molar-refractivity contribution < 1.29 is 18.7 Å². The first-order valence-electron chi connectivity index (χ1n) is 8.30. The van der Waals surface area contributed by atoms with E-state index in [1.807, 2.05) is 18.2 Å². The molecule has 1 aliphatic rings. The number of carbonyl (C=O) groups is 1. The van der Waals surface area contributed by atoms with Gasteiger partial charge in [-0.1, -0.05) is 41.9 Å². The van der Waals surface area contributed by atoms with Crippen LogP contribution in [0.5, 0.6) is 11.5 Å². The highest BCUT2D eigenvalue weighted by Crippen LogP contribution is 2.35. The summed E-state index contributed by atoms with van der Waals surface area (Å²) >= 11 is 6.13. The monoisotopic (exact) mass is 380 g/mol. The molecule has 1 aliphatic heterocycles. The molecular formula is C22H14ClFO3. The van der Waals surface area contributed by atoms with E-state index < -0.39 is 0 Å². The smallest absolute Gasteiger partial charge is 0.231 e. The van der Waals surface area contributed by atoms with Crippen LogP contribution in [0.3, 0.4) is 0 Å². The van der Waals surface area contributed by atoms with Gasteiger partial charge in [-0.05, 0) is 42.0 Å². The first-order valence-corrected chi connectivity index (χ1v) is 8.68. The highest BCUT2D eigenvalue weighted by molar-refractivity contribution is 6.31. The summed E-state index contributed by atoms with van der Waals surface area (Å²) in [5, 5.41) is 0.634. The molecule has 0 radical (unpaired) electrons. The second-order valence-electron chi connectivity index (χ2n) is 6.03. The molecule has 27 heavy (non-hydrogen) atoms. The number of carbonyl (C=O) groups excluding carboxylic acids is 1. The standard InChI is InChI=1S/C22H14ClFO3/c23-19-4-2-1-3-15(19)13-26-17-9-10-18-20(12-17)27-21(22(18)25)11-14-5-7-16(24)8-6-14/h1-12H,13H2. The fourth-order valence-electron chi connectivity index (χ4n) is 2.74. The Morgan fingerprint density at radius 2 is 1.81 bits per heavy atom. The molecule has 0 aliphatic carbocycles. The van der Waals surface area contributed by atoms with Crippen LogP contribution >= 0.6 is 11.6 Å². The number of fused-ring (bicyclic) bond motifs is 1. The van der Waals surface area contributed by atoms with E-state index in [1.54, 1.807) is 42.5 Å². The molecule has 5 heteroatoms. The Morgan fingerprint density at radius 3 is 2.59 bits per heavy atom. The van der Waals surface area contributed by atoms with Crippen LogP contribution in [0.1, 0.15) is 21.5 Å². The number of allylic oxidation sites excluding steroid dienone is 1. The molecule has 0 spiro atoms. The Kier molecular flexibility index (Phi) is 4.65. The quantitative estimate of drug-likeness (QED) is 0.547. The first-order chi connectivity index (χ1) is 13.1.